The quantitative estimate of drug-likeness (QED) is 0.170. The number of likely N-dealkylation sites (N-methyl/N-ethyl adjacent to an activating group) is 2. The molecule has 0 bridgehead atoms. The van der Waals surface area contributed by atoms with E-state index in [1.165, 1.54) is 22.1 Å². The largest absolute Gasteiger partial charge is 0.481 e. The summed E-state index contributed by atoms with van der Waals surface area (Å²) in [6.07, 6.45) is 6.73. The molecule has 5 rings (SSSR count). The average Bonchev–Trinajstić information content (AvgIpc) is 2.94. The van der Waals surface area contributed by atoms with E-state index in [0.717, 1.165) is 59.2 Å². The van der Waals surface area contributed by atoms with Crippen LogP contribution < -0.4 is 25.4 Å². The summed E-state index contributed by atoms with van der Waals surface area (Å²) in [5.74, 6) is -1.23. The summed E-state index contributed by atoms with van der Waals surface area (Å²) in [6, 6.07) is 9.08. The minimum atomic E-state index is -4.27. The van der Waals surface area contributed by atoms with Crippen molar-refractivity contribution in [3.8, 4) is 0 Å². The summed E-state index contributed by atoms with van der Waals surface area (Å²) in [5.41, 5.74) is 8.26. The topological polar surface area (TPSA) is 110 Å². The molecule has 0 saturated carbocycles. The van der Waals surface area contributed by atoms with Gasteiger partial charge in [-0.3, -0.25) is 9.35 Å². The minimum Gasteiger partial charge on any atom is -0.481 e. The Kier molecular flexibility index (Phi) is 9.08. The van der Waals surface area contributed by atoms with Gasteiger partial charge in [0.15, 0.2) is 5.54 Å². The highest BCUT2D eigenvalue weighted by Gasteiger charge is 2.40. The Morgan fingerprint density at radius 1 is 0.915 bits per heavy atom. The zero-order valence-corrected chi connectivity index (χ0v) is 30.4. The van der Waals surface area contributed by atoms with Crippen molar-refractivity contribution in [2.75, 3.05) is 30.3 Å². The van der Waals surface area contributed by atoms with Crippen molar-refractivity contribution >= 4 is 38.6 Å². The zero-order chi connectivity index (χ0) is 34.7. The van der Waals surface area contributed by atoms with Crippen LogP contribution in [-0.4, -0.2) is 60.5 Å². The van der Waals surface area contributed by atoms with Gasteiger partial charge in [-0.2, -0.15) is 8.42 Å². The van der Waals surface area contributed by atoms with Gasteiger partial charge in [-0.25, -0.2) is 4.58 Å². The maximum Gasteiger partial charge on any atom is 0.303 e. The highest BCUT2D eigenvalue weighted by Crippen LogP contribution is 2.46. The van der Waals surface area contributed by atoms with Crippen molar-refractivity contribution in [3.63, 3.8) is 0 Å². The number of nitrogens with zero attached hydrogens (tertiary/aromatic N) is 2. The zero-order valence-electron chi connectivity index (χ0n) is 29.5. The number of rotatable bonds is 11. The van der Waals surface area contributed by atoms with E-state index in [9.17, 15) is 17.8 Å². The van der Waals surface area contributed by atoms with Crippen LogP contribution in [0.4, 0.5) is 5.69 Å². The Labute approximate surface area is 280 Å². The fraction of sp³-hybridized carbons (Fsp3) is 0.526. The third kappa shape index (κ3) is 6.41. The van der Waals surface area contributed by atoms with Gasteiger partial charge in [0.2, 0.25) is 5.36 Å². The van der Waals surface area contributed by atoms with E-state index in [-0.39, 0.29) is 17.4 Å². The van der Waals surface area contributed by atoms with Crippen LogP contribution in [0, 0.1) is 0 Å². The number of carbonyl (C=O) groups is 1. The van der Waals surface area contributed by atoms with Gasteiger partial charge in [-0.05, 0) is 94.0 Å². The molecule has 47 heavy (non-hydrogen) atoms. The van der Waals surface area contributed by atoms with Crippen molar-refractivity contribution in [2.24, 2.45) is 0 Å². The summed E-state index contributed by atoms with van der Waals surface area (Å²) in [4.78, 5) is 13.4. The van der Waals surface area contributed by atoms with Gasteiger partial charge in [-0.1, -0.05) is 26.3 Å². The summed E-state index contributed by atoms with van der Waals surface area (Å²) in [5, 5.41) is 15.2. The Morgan fingerprint density at radius 3 is 2.23 bits per heavy atom. The molecule has 0 amide bonds. The molecule has 2 aliphatic heterocycles. The number of aliphatic carboxylic acids is 1. The minimum absolute atomic E-state index is 0.125. The molecule has 0 radical (unpaired) electrons. The number of carboxylic acid groups (broad SMARTS) is 1. The van der Waals surface area contributed by atoms with Crippen LogP contribution in [0.5, 0.6) is 0 Å². The van der Waals surface area contributed by atoms with Crippen molar-refractivity contribution < 1.29 is 22.9 Å². The first kappa shape index (κ1) is 34.9. The number of unbranched alkanes of at least 4 members (excludes halogenated alkanes) is 2. The fourth-order valence-corrected chi connectivity index (χ4v) is 8.91. The molecule has 2 aromatic rings. The van der Waals surface area contributed by atoms with Crippen LogP contribution >= 0.6 is 0 Å². The smallest absolute Gasteiger partial charge is 0.303 e. The molecule has 9 heteroatoms. The maximum absolute atomic E-state index is 12.3. The van der Waals surface area contributed by atoms with Crippen LogP contribution in [0.25, 0.3) is 16.8 Å². The van der Waals surface area contributed by atoms with Crippen molar-refractivity contribution in [1.29, 1.82) is 0 Å². The normalized spacial score (nSPS) is 18.8. The molecule has 0 fully saturated rings. The monoisotopic (exact) mass is 662 g/mol. The van der Waals surface area contributed by atoms with Crippen LogP contribution in [-0.2, 0) is 20.3 Å². The van der Waals surface area contributed by atoms with E-state index in [0.29, 0.717) is 18.5 Å². The van der Waals surface area contributed by atoms with Gasteiger partial charge >= 0.3 is 5.97 Å². The third-order valence-electron chi connectivity index (χ3n) is 10.3. The standard InChI is InChI=1S/C38H51N3O5S/c1-10-40-32-19-30-28(17-26(32)24(3)21-36(40,4)5)35(39-16-14-12-13-15-34(42)43)29-18-27-25(23-47(44,45)46)22-37(6,7)41(11-2)33(27)20-31(29)38(30,8)9/h17-22H,10-16,23H2,1-9H3,(H2,42,43,44,45,46)/p+1. The number of anilines is 1. The van der Waals surface area contributed by atoms with Crippen LogP contribution in [0.15, 0.2) is 36.4 Å². The van der Waals surface area contributed by atoms with E-state index in [4.69, 9.17) is 5.11 Å². The first-order valence-corrected chi connectivity index (χ1v) is 18.6. The molecular formula is C38H52N3O5S+. The molecule has 8 nitrogen and oxygen atoms in total. The lowest BCUT2D eigenvalue weighted by Crippen LogP contribution is -2.50. The van der Waals surface area contributed by atoms with Crippen molar-refractivity contribution in [1.82, 2.24) is 9.89 Å². The van der Waals surface area contributed by atoms with Gasteiger partial charge < -0.3 is 15.3 Å². The predicted octanol–water partition coefficient (Wildman–Crippen LogP) is 5.31. The van der Waals surface area contributed by atoms with E-state index in [1.807, 2.05) is 6.08 Å². The second-order valence-electron chi connectivity index (χ2n) is 15.0. The number of allylic oxidation sites excluding steroid dienone is 1. The molecule has 0 aromatic heterocycles. The second-order valence-corrected chi connectivity index (χ2v) is 16.4. The maximum atomic E-state index is 12.3. The Hall–Kier alpha value is -3.43. The first-order chi connectivity index (χ1) is 21.8. The molecule has 2 heterocycles. The second kappa shape index (κ2) is 12.2. The van der Waals surface area contributed by atoms with Gasteiger partial charge in [-0.15, -0.1) is 0 Å². The van der Waals surface area contributed by atoms with Crippen molar-refractivity contribution in [3.05, 3.63) is 74.8 Å². The summed E-state index contributed by atoms with van der Waals surface area (Å²) in [6.45, 7) is 22.0. The SMILES string of the molecule is CCN1c2cc3c(cc2C(CS(=O)(=O)O)=CC1(C)C)C(NCCCCCC(=O)O)=c1cc2c(cc1C3(C)C)=[N+](CC)C(C)(C)C=C2C. The number of carboxylic acids is 1. The van der Waals surface area contributed by atoms with Crippen LogP contribution in [0.3, 0.4) is 0 Å². The fourth-order valence-electron chi connectivity index (χ4n) is 8.28. The lowest BCUT2D eigenvalue weighted by molar-refractivity contribution is -0.137. The predicted molar refractivity (Wildman–Crippen MR) is 192 cm³/mol. The van der Waals surface area contributed by atoms with Gasteiger partial charge in [0.25, 0.3) is 10.1 Å². The van der Waals surface area contributed by atoms with Gasteiger partial charge in [0.1, 0.15) is 12.3 Å². The number of hydrogen-bond acceptors (Lipinski definition) is 5. The van der Waals surface area contributed by atoms with Crippen LogP contribution in [0.2, 0.25) is 0 Å². The van der Waals surface area contributed by atoms with Gasteiger partial charge in [0, 0.05) is 78.1 Å². The summed E-state index contributed by atoms with van der Waals surface area (Å²) < 4.78 is 37.0. The number of benzene rings is 2. The Balaban J connectivity index is 1.81. The molecule has 0 unspecified atom stereocenters. The lowest BCUT2D eigenvalue weighted by Gasteiger charge is -2.45. The molecule has 3 N–H and O–H groups in total. The number of hydrogen-bond donors (Lipinski definition) is 3. The Bertz CT molecular complexity index is 1930. The molecule has 1 aliphatic carbocycles. The lowest BCUT2D eigenvalue weighted by atomic mass is 9.69. The first-order valence-electron chi connectivity index (χ1n) is 16.9. The highest BCUT2D eigenvalue weighted by atomic mass is 32.2. The summed E-state index contributed by atoms with van der Waals surface area (Å²) >= 11 is 0. The molecule has 3 aliphatic rings. The van der Waals surface area contributed by atoms with E-state index in [1.54, 1.807) is 0 Å². The molecule has 254 valence electrons. The Morgan fingerprint density at radius 2 is 1.62 bits per heavy atom. The van der Waals surface area contributed by atoms with Gasteiger partial charge in [0.05, 0.1) is 5.54 Å². The number of fused-ring (bicyclic) bond motifs is 4. The molecule has 0 atom stereocenters. The third-order valence-corrected chi connectivity index (χ3v) is 11.0. The van der Waals surface area contributed by atoms with E-state index < -0.39 is 27.4 Å². The molecule has 0 spiro atoms. The molecule has 0 saturated heterocycles. The van der Waals surface area contributed by atoms with Crippen molar-refractivity contribution in [2.45, 2.75) is 104 Å². The van der Waals surface area contributed by atoms with E-state index >= 15 is 0 Å². The summed E-state index contributed by atoms with van der Waals surface area (Å²) in [7, 11) is -4.27. The molecule has 2 aromatic carbocycles. The number of nitrogens with one attached hydrogen (secondary N) is 1. The van der Waals surface area contributed by atoms with Crippen LogP contribution in [0.1, 0.15) is 116 Å². The highest BCUT2D eigenvalue weighted by molar-refractivity contribution is 7.86. The van der Waals surface area contributed by atoms with E-state index in [2.05, 4.69) is 107 Å². The molecular weight excluding hydrogens is 611 g/mol. The average molecular weight is 663 g/mol.